The van der Waals surface area contributed by atoms with Crippen molar-refractivity contribution in [2.75, 3.05) is 0 Å². The molecule has 0 amide bonds. The van der Waals surface area contributed by atoms with Crippen LogP contribution in [0.1, 0.15) is 20.7 Å². The highest BCUT2D eigenvalue weighted by Crippen LogP contribution is 2.18. The summed E-state index contributed by atoms with van der Waals surface area (Å²) in [5.74, 6) is -1.78. The van der Waals surface area contributed by atoms with Crippen LogP contribution in [0.3, 0.4) is 0 Å². The average molecular weight is 279 g/mol. The molecule has 0 heterocycles. The van der Waals surface area contributed by atoms with Gasteiger partial charge in [0.2, 0.25) is 0 Å². The van der Waals surface area contributed by atoms with Crippen molar-refractivity contribution in [3.8, 4) is 0 Å². The number of halogens is 2. The molecule has 1 aromatic carbocycles. The van der Waals surface area contributed by atoms with E-state index in [2.05, 4.69) is 20.1 Å². The van der Waals surface area contributed by atoms with Crippen LogP contribution in [0, 0.1) is 0 Å². The molecule has 0 aliphatic rings. The smallest absolute Gasteiger partial charge is 0.349 e. The minimum atomic E-state index is -1.14. The second-order valence-corrected chi connectivity index (χ2v) is 3.10. The fourth-order valence-electron chi connectivity index (χ4n) is 0.860. The van der Waals surface area contributed by atoms with Crippen LogP contribution in [0.4, 0.5) is 0 Å². The third-order valence-corrected chi connectivity index (χ3v) is 2.11. The van der Waals surface area contributed by atoms with E-state index in [0.29, 0.717) is 0 Å². The van der Waals surface area contributed by atoms with E-state index in [1.807, 2.05) is 0 Å². The average Bonchev–Trinajstić information content (AvgIpc) is 2.15. The highest BCUT2D eigenvalue weighted by molar-refractivity contribution is 9.06. The molecule has 0 unspecified atom stereocenters. The maximum Gasteiger partial charge on any atom is 0.349 e. The molecule has 0 aromatic heterocycles. The molecule has 6 heteroatoms. The van der Waals surface area contributed by atoms with Crippen LogP contribution >= 0.6 is 27.9 Å². The molecular formula is C8H4BrClO4. The molecule has 0 bridgehead atoms. The molecule has 14 heavy (non-hydrogen) atoms. The molecule has 0 saturated heterocycles. The lowest BCUT2D eigenvalue weighted by atomic mass is 10.1. The number of hydrogen-bond donors (Lipinski definition) is 1. The summed E-state index contributed by atoms with van der Waals surface area (Å²) in [6, 6.07) is 3.79. The second kappa shape index (κ2) is 4.43. The van der Waals surface area contributed by atoms with Gasteiger partial charge in [-0.3, -0.25) is 0 Å². The Morgan fingerprint density at radius 1 is 1.43 bits per heavy atom. The Morgan fingerprint density at radius 2 is 2.07 bits per heavy atom. The van der Waals surface area contributed by atoms with Gasteiger partial charge >= 0.3 is 11.9 Å². The first-order valence-corrected chi connectivity index (χ1v) is 4.44. The van der Waals surface area contributed by atoms with Crippen LogP contribution in [0.2, 0.25) is 5.02 Å². The monoisotopic (exact) mass is 278 g/mol. The molecule has 1 N–H and O–H groups in total. The number of carboxylic acids is 1. The molecule has 0 saturated carbocycles. The lowest BCUT2D eigenvalue weighted by Crippen LogP contribution is -2.02. The standard InChI is InChI=1S/C8H4BrClO4/c9-14-8(13)4-1-2-5(7(11)12)6(10)3-4/h1-3H,(H,11,12). The van der Waals surface area contributed by atoms with Gasteiger partial charge in [-0.05, 0) is 18.2 Å². The van der Waals surface area contributed by atoms with Crippen molar-refractivity contribution in [1.29, 1.82) is 0 Å². The fraction of sp³-hybridized carbons (Fsp3) is 0. The van der Waals surface area contributed by atoms with Gasteiger partial charge in [-0.1, -0.05) is 11.6 Å². The summed E-state index contributed by atoms with van der Waals surface area (Å²) < 4.78 is 4.26. The van der Waals surface area contributed by atoms with E-state index in [-0.39, 0.29) is 16.1 Å². The van der Waals surface area contributed by atoms with E-state index in [1.54, 1.807) is 0 Å². The van der Waals surface area contributed by atoms with Gasteiger partial charge in [-0.25, -0.2) is 9.59 Å². The van der Waals surface area contributed by atoms with Crippen LogP contribution in [-0.4, -0.2) is 17.0 Å². The first kappa shape index (κ1) is 11.0. The van der Waals surface area contributed by atoms with Crippen LogP contribution in [0.15, 0.2) is 18.2 Å². The predicted octanol–water partition coefficient (Wildman–Crippen LogP) is 2.50. The SMILES string of the molecule is O=C(OBr)c1ccc(C(=O)O)c(Cl)c1. The molecule has 1 aromatic rings. The normalized spacial score (nSPS) is 9.57. The molecule has 0 spiro atoms. The number of carbonyl (C=O) groups is 2. The maximum absolute atomic E-state index is 11.0. The van der Waals surface area contributed by atoms with Gasteiger partial charge in [0.05, 0.1) is 16.1 Å². The number of rotatable bonds is 2. The van der Waals surface area contributed by atoms with Crippen molar-refractivity contribution in [3.63, 3.8) is 0 Å². The van der Waals surface area contributed by atoms with Crippen molar-refractivity contribution < 1.29 is 18.5 Å². The third kappa shape index (κ3) is 2.24. The molecule has 0 atom stereocenters. The minimum Gasteiger partial charge on any atom is -0.478 e. The molecule has 0 radical (unpaired) electrons. The Balaban J connectivity index is 3.12. The molecule has 4 nitrogen and oxygen atoms in total. The maximum atomic E-state index is 11.0. The number of hydrogen-bond acceptors (Lipinski definition) is 3. The van der Waals surface area contributed by atoms with E-state index in [0.717, 1.165) is 0 Å². The van der Waals surface area contributed by atoms with Gasteiger partial charge in [0.15, 0.2) is 16.3 Å². The van der Waals surface area contributed by atoms with Crippen molar-refractivity contribution in [2.45, 2.75) is 0 Å². The van der Waals surface area contributed by atoms with Gasteiger partial charge in [0, 0.05) is 0 Å². The summed E-state index contributed by atoms with van der Waals surface area (Å²) in [5.41, 5.74) is 0.120. The molecule has 1 rings (SSSR count). The van der Waals surface area contributed by atoms with Crippen LogP contribution in [0.25, 0.3) is 0 Å². The summed E-state index contributed by atoms with van der Waals surface area (Å²) in [4.78, 5) is 21.5. The van der Waals surface area contributed by atoms with Gasteiger partial charge in [-0.15, -0.1) is 0 Å². The lowest BCUT2D eigenvalue weighted by Gasteiger charge is -2.00. The van der Waals surface area contributed by atoms with E-state index in [4.69, 9.17) is 16.7 Å². The zero-order chi connectivity index (χ0) is 10.7. The lowest BCUT2D eigenvalue weighted by molar-refractivity contribution is 0.0694. The zero-order valence-electron chi connectivity index (χ0n) is 6.66. The van der Waals surface area contributed by atoms with Gasteiger partial charge in [0.1, 0.15) is 0 Å². The number of benzene rings is 1. The van der Waals surface area contributed by atoms with Gasteiger partial charge < -0.3 is 8.93 Å². The highest BCUT2D eigenvalue weighted by Gasteiger charge is 2.12. The van der Waals surface area contributed by atoms with Crippen LogP contribution < -0.4 is 0 Å². The van der Waals surface area contributed by atoms with Crippen LogP contribution in [-0.2, 0) is 3.83 Å². The Morgan fingerprint density at radius 3 is 2.50 bits per heavy atom. The van der Waals surface area contributed by atoms with Gasteiger partial charge in [-0.2, -0.15) is 0 Å². The van der Waals surface area contributed by atoms with E-state index in [1.165, 1.54) is 18.2 Å². The molecule has 0 aliphatic carbocycles. The first-order chi connectivity index (χ1) is 6.56. The fourth-order valence-corrected chi connectivity index (χ4v) is 1.31. The summed E-state index contributed by atoms with van der Waals surface area (Å²) in [6.07, 6.45) is 0. The van der Waals surface area contributed by atoms with E-state index >= 15 is 0 Å². The molecule has 0 fully saturated rings. The molecule has 0 aliphatic heterocycles. The largest absolute Gasteiger partial charge is 0.478 e. The van der Waals surface area contributed by atoms with Crippen LogP contribution in [0.5, 0.6) is 0 Å². The highest BCUT2D eigenvalue weighted by atomic mass is 79.9. The Kier molecular flexibility index (Phi) is 3.49. The summed E-state index contributed by atoms with van der Waals surface area (Å²) >= 11 is 8.14. The first-order valence-electron chi connectivity index (χ1n) is 3.42. The molecular weight excluding hydrogens is 275 g/mol. The number of carboxylic acid groups (broad SMARTS) is 1. The third-order valence-electron chi connectivity index (χ3n) is 1.51. The van der Waals surface area contributed by atoms with E-state index in [9.17, 15) is 9.59 Å². The number of carbonyl (C=O) groups excluding carboxylic acids is 1. The zero-order valence-corrected chi connectivity index (χ0v) is 9.00. The van der Waals surface area contributed by atoms with E-state index < -0.39 is 11.9 Å². The molecule has 74 valence electrons. The second-order valence-electron chi connectivity index (χ2n) is 2.36. The predicted molar refractivity (Wildman–Crippen MR) is 52.8 cm³/mol. The summed E-state index contributed by atoms with van der Waals surface area (Å²) in [5, 5.41) is 8.64. The van der Waals surface area contributed by atoms with Crippen molar-refractivity contribution in [1.82, 2.24) is 0 Å². The quantitative estimate of drug-likeness (QED) is 0.903. The van der Waals surface area contributed by atoms with Crippen molar-refractivity contribution >= 4 is 39.8 Å². The number of aromatic carboxylic acids is 1. The Hall–Kier alpha value is -1.07. The van der Waals surface area contributed by atoms with Crippen molar-refractivity contribution in [2.24, 2.45) is 0 Å². The topological polar surface area (TPSA) is 63.6 Å². The Bertz CT molecular complexity index is 391. The minimum absolute atomic E-state index is 0.00657. The summed E-state index contributed by atoms with van der Waals surface area (Å²) in [7, 11) is 0. The van der Waals surface area contributed by atoms with Gasteiger partial charge in [0.25, 0.3) is 0 Å². The van der Waals surface area contributed by atoms with Crippen molar-refractivity contribution in [3.05, 3.63) is 34.3 Å². The summed E-state index contributed by atoms with van der Waals surface area (Å²) in [6.45, 7) is 0. The Labute approximate surface area is 92.9 Å².